The van der Waals surface area contributed by atoms with Gasteiger partial charge in [-0.3, -0.25) is 4.79 Å². The van der Waals surface area contributed by atoms with Crippen LogP contribution in [0.25, 0.3) is 10.8 Å². The molecule has 1 aromatic heterocycles. The Bertz CT molecular complexity index is 805. The lowest BCUT2D eigenvalue weighted by atomic mass is 10.0. The zero-order chi connectivity index (χ0) is 14.8. The van der Waals surface area contributed by atoms with Crippen LogP contribution in [-0.2, 0) is 6.61 Å². The van der Waals surface area contributed by atoms with Gasteiger partial charge in [-0.2, -0.15) is 0 Å². The maximum Gasteiger partial charge on any atom is 0.174 e. The van der Waals surface area contributed by atoms with Crippen molar-refractivity contribution in [3.63, 3.8) is 0 Å². The first-order valence-electron chi connectivity index (χ1n) is 6.73. The van der Waals surface area contributed by atoms with Gasteiger partial charge in [0.05, 0.1) is 11.3 Å². The zero-order valence-corrected chi connectivity index (χ0v) is 11.9. The lowest BCUT2D eigenvalue weighted by molar-refractivity contribution is 0.101. The molecule has 4 heteroatoms. The number of ketones is 1. The molecule has 0 saturated carbocycles. The monoisotopic (exact) mass is 281 g/mol. The van der Waals surface area contributed by atoms with Crippen molar-refractivity contribution in [2.75, 3.05) is 0 Å². The summed E-state index contributed by atoms with van der Waals surface area (Å²) in [4.78, 5) is 11.8. The highest BCUT2D eigenvalue weighted by molar-refractivity contribution is 6.03. The molecule has 0 spiro atoms. The summed E-state index contributed by atoms with van der Waals surface area (Å²) in [6.07, 6.45) is 0. The Morgan fingerprint density at radius 3 is 2.76 bits per heavy atom. The Labute approximate surface area is 122 Å². The van der Waals surface area contributed by atoms with Crippen LogP contribution in [0.1, 0.15) is 28.7 Å². The molecule has 0 N–H and O–H groups in total. The second kappa shape index (κ2) is 5.40. The van der Waals surface area contributed by atoms with E-state index in [1.54, 1.807) is 6.07 Å². The third-order valence-electron chi connectivity index (χ3n) is 3.29. The molecule has 0 radical (unpaired) electrons. The molecular formula is C17H15NO3. The fraction of sp³-hybridized carbons (Fsp3) is 0.176. The van der Waals surface area contributed by atoms with E-state index in [1.165, 1.54) is 6.92 Å². The smallest absolute Gasteiger partial charge is 0.174 e. The van der Waals surface area contributed by atoms with Crippen LogP contribution in [0.2, 0.25) is 0 Å². The Morgan fingerprint density at radius 1 is 1.24 bits per heavy atom. The van der Waals surface area contributed by atoms with Crippen LogP contribution >= 0.6 is 0 Å². The molecule has 0 aliphatic rings. The number of nitrogens with zero attached hydrogens (tertiary/aromatic N) is 1. The molecule has 0 aliphatic carbocycles. The Kier molecular flexibility index (Phi) is 3.44. The van der Waals surface area contributed by atoms with Gasteiger partial charge in [-0.05, 0) is 25.3 Å². The van der Waals surface area contributed by atoms with E-state index < -0.39 is 0 Å². The topological polar surface area (TPSA) is 52.3 Å². The lowest BCUT2D eigenvalue weighted by Crippen LogP contribution is -2.02. The predicted molar refractivity (Wildman–Crippen MR) is 79.5 cm³/mol. The van der Waals surface area contributed by atoms with Crippen molar-refractivity contribution < 1.29 is 14.1 Å². The molecule has 0 unspecified atom stereocenters. The molecule has 21 heavy (non-hydrogen) atoms. The summed E-state index contributed by atoms with van der Waals surface area (Å²) in [5.74, 6) is 1.20. The number of hydrogen-bond acceptors (Lipinski definition) is 4. The van der Waals surface area contributed by atoms with Crippen molar-refractivity contribution in [2.45, 2.75) is 20.5 Å². The van der Waals surface area contributed by atoms with Crippen LogP contribution in [0, 0.1) is 6.92 Å². The lowest BCUT2D eigenvalue weighted by Gasteiger charge is -2.12. The largest absolute Gasteiger partial charge is 0.484 e. The number of aromatic nitrogens is 1. The van der Waals surface area contributed by atoms with Gasteiger partial charge < -0.3 is 9.26 Å². The molecule has 1 heterocycles. The van der Waals surface area contributed by atoms with Gasteiger partial charge in [-0.1, -0.05) is 35.5 Å². The average molecular weight is 281 g/mol. The maximum absolute atomic E-state index is 11.8. The van der Waals surface area contributed by atoms with Gasteiger partial charge in [-0.15, -0.1) is 0 Å². The molecule has 3 rings (SSSR count). The van der Waals surface area contributed by atoms with E-state index in [1.807, 2.05) is 43.3 Å². The molecule has 0 amide bonds. The van der Waals surface area contributed by atoms with Crippen LogP contribution in [0.15, 0.2) is 47.0 Å². The van der Waals surface area contributed by atoms with Gasteiger partial charge in [0.15, 0.2) is 11.5 Å². The fourth-order valence-corrected chi connectivity index (χ4v) is 2.30. The van der Waals surface area contributed by atoms with Crippen molar-refractivity contribution >= 4 is 16.6 Å². The third-order valence-corrected chi connectivity index (χ3v) is 3.29. The SMILES string of the molecule is CC(=O)c1ccc2ccccc2c1OCc1cc(C)no1. The van der Waals surface area contributed by atoms with Gasteiger partial charge in [0.1, 0.15) is 12.4 Å². The van der Waals surface area contributed by atoms with Gasteiger partial charge >= 0.3 is 0 Å². The number of aryl methyl sites for hydroxylation is 1. The Morgan fingerprint density at radius 2 is 2.05 bits per heavy atom. The summed E-state index contributed by atoms with van der Waals surface area (Å²) < 4.78 is 11.0. The molecule has 0 aliphatic heterocycles. The van der Waals surface area contributed by atoms with Crippen LogP contribution in [0.4, 0.5) is 0 Å². The van der Waals surface area contributed by atoms with Crippen LogP contribution in [-0.4, -0.2) is 10.9 Å². The van der Waals surface area contributed by atoms with Gasteiger partial charge in [-0.25, -0.2) is 0 Å². The average Bonchev–Trinajstić information content (AvgIpc) is 2.90. The standard InChI is InChI=1S/C17H15NO3/c1-11-9-14(21-18-11)10-20-17-15(12(2)19)8-7-13-5-3-4-6-16(13)17/h3-9H,10H2,1-2H3. The van der Waals surface area contributed by atoms with E-state index in [2.05, 4.69) is 5.16 Å². The van der Waals surface area contributed by atoms with Crippen LogP contribution < -0.4 is 4.74 Å². The third kappa shape index (κ3) is 2.65. The van der Waals surface area contributed by atoms with Gasteiger partial charge in [0.2, 0.25) is 0 Å². The minimum atomic E-state index is -0.0236. The number of Topliss-reactive ketones (excluding diaryl/α,β-unsaturated/α-hetero) is 1. The van der Waals surface area contributed by atoms with E-state index in [4.69, 9.17) is 9.26 Å². The second-order valence-corrected chi connectivity index (χ2v) is 4.94. The van der Waals surface area contributed by atoms with E-state index in [-0.39, 0.29) is 12.4 Å². The molecule has 0 fully saturated rings. The van der Waals surface area contributed by atoms with Gasteiger partial charge in [0.25, 0.3) is 0 Å². The minimum Gasteiger partial charge on any atom is -0.484 e. The van der Waals surface area contributed by atoms with Crippen molar-refractivity contribution in [1.82, 2.24) is 5.16 Å². The van der Waals surface area contributed by atoms with Crippen LogP contribution in [0.3, 0.4) is 0 Å². The van der Waals surface area contributed by atoms with E-state index in [0.717, 1.165) is 16.5 Å². The molecule has 0 atom stereocenters. The number of ether oxygens (including phenoxy) is 1. The predicted octanol–water partition coefficient (Wildman–Crippen LogP) is 3.92. The molecule has 106 valence electrons. The number of fused-ring (bicyclic) bond motifs is 1. The van der Waals surface area contributed by atoms with Crippen molar-refractivity contribution in [1.29, 1.82) is 0 Å². The highest BCUT2D eigenvalue weighted by Gasteiger charge is 2.13. The number of hydrogen-bond donors (Lipinski definition) is 0. The summed E-state index contributed by atoms with van der Waals surface area (Å²) in [6, 6.07) is 13.4. The van der Waals surface area contributed by atoms with E-state index in [0.29, 0.717) is 17.1 Å². The first-order valence-corrected chi connectivity index (χ1v) is 6.73. The summed E-state index contributed by atoms with van der Waals surface area (Å²) in [7, 11) is 0. The van der Waals surface area contributed by atoms with E-state index in [9.17, 15) is 4.79 Å². The first-order chi connectivity index (χ1) is 10.1. The fourth-order valence-electron chi connectivity index (χ4n) is 2.30. The molecule has 0 saturated heterocycles. The van der Waals surface area contributed by atoms with E-state index >= 15 is 0 Å². The summed E-state index contributed by atoms with van der Waals surface area (Å²) in [5.41, 5.74) is 1.38. The van der Waals surface area contributed by atoms with Crippen LogP contribution in [0.5, 0.6) is 5.75 Å². The normalized spacial score (nSPS) is 10.8. The number of rotatable bonds is 4. The second-order valence-electron chi connectivity index (χ2n) is 4.94. The number of benzene rings is 2. The maximum atomic E-state index is 11.8. The Balaban J connectivity index is 2.01. The van der Waals surface area contributed by atoms with Gasteiger partial charge in [0, 0.05) is 11.5 Å². The summed E-state index contributed by atoms with van der Waals surface area (Å²) in [6.45, 7) is 3.64. The highest BCUT2D eigenvalue weighted by atomic mass is 16.5. The molecule has 3 aromatic rings. The van der Waals surface area contributed by atoms with Crippen molar-refractivity contribution in [3.05, 3.63) is 59.5 Å². The minimum absolute atomic E-state index is 0.0236. The molecular weight excluding hydrogens is 266 g/mol. The zero-order valence-electron chi connectivity index (χ0n) is 11.9. The van der Waals surface area contributed by atoms with Crippen molar-refractivity contribution in [2.24, 2.45) is 0 Å². The highest BCUT2D eigenvalue weighted by Crippen LogP contribution is 2.31. The summed E-state index contributed by atoms with van der Waals surface area (Å²) >= 11 is 0. The number of carbonyl (C=O) groups is 1. The Hall–Kier alpha value is -2.62. The van der Waals surface area contributed by atoms with Crippen molar-refractivity contribution in [3.8, 4) is 5.75 Å². The number of carbonyl (C=O) groups excluding carboxylic acids is 1. The first kappa shape index (κ1) is 13.4. The quantitative estimate of drug-likeness (QED) is 0.680. The summed E-state index contributed by atoms with van der Waals surface area (Å²) in [5, 5.41) is 5.78. The molecule has 4 nitrogen and oxygen atoms in total. The molecule has 2 aromatic carbocycles. The molecule has 0 bridgehead atoms.